The molecular weight excluding hydrogens is 226 g/mol. The molecule has 3 nitrogen and oxygen atoms in total. The van der Waals surface area contributed by atoms with E-state index in [0.29, 0.717) is 6.54 Å². The molecular formula is C12H18F2N2O. The lowest BCUT2D eigenvalue weighted by molar-refractivity contribution is -0.0498. The Morgan fingerprint density at radius 2 is 2.06 bits per heavy atom. The van der Waals surface area contributed by atoms with Crippen molar-refractivity contribution in [1.82, 2.24) is 0 Å². The third-order valence-electron chi connectivity index (χ3n) is 2.40. The first-order valence-corrected chi connectivity index (χ1v) is 5.62. The highest BCUT2D eigenvalue weighted by atomic mass is 19.3. The van der Waals surface area contributed by atoms with E-state index < -0.39 is 6.61 Å². The van der Waals surface area contributed by atoms with Gasteiger partial charge >= 0.3 is 6.61 Å². The largest absolute Gasteiger partial charge is 0.435 e. The number of rotatable bonds is 7. The number of anilines is 1. The molecule has 0 aliphatic rings. The van der Waals surface area contributed by atoms with Crippen LogP contribution in [0.25, 0.3) is 0 Å². The van der Waals surface area contributed by atoms with Crippen molar-refractivity contribution in [2.75, 3.05) is 18.9 Å². The van der Waals surface area contributed by atoms with Crippen molar-refractivity contribution in [1.29, 1.82) is 0 Å². The molecule has 0 saturated heterocycles. The van der Waals surface area contributed by atoms with Crippen LogP contribution in [-0.4, -0.2) is 20.2 Å². The molecule has 1 aromatic rings. The number of unbranched alkanes of at least 4 members (excludes halogenated alkanes) is 1. The van der Waals surface area contributed by atoms with Crippen LogP contribution < -0.4 is 15.8 Å². The van der Waals surface area contributed by atoms with Gasteiger partial charge in [0.1, 0.15) is 5.75 Å². The Morgan fingerprint density at radius 1 is 1.29 bits per heavy atom. The van der Waals surface area contributed by atoms with Crippen LogP contribution in [0.1, 0.15) is 18.4 Å². The van der Waals surface area contributed by atoms with Gasteiger partial charge in [0.05, 0.1) is 0 Å². The lowest BCUT2D eigenvalue weighted by Crippen LogP contribution is -2.04. The van der Waals surface area contributed by atoms with Crippen LogP contribution in [0.15, 0.2) is 18.2 Å². The SMILES string of the molecule is CNc1cc(CCCCN)cc(OC(F)F)c1. The van der Waals surface area contributed by atoms with Crippen molar-refractivity contribution in [3.8, 4) is 5.75 Å². The predicted octanol–water partition coefficient (Wildman–Crippen LogP) is 2.61. The van der Waals surface area contributed by atoms with Crippen LogP contribution in [0.4, 0.5) is 14.5 Å². The van der Waals surface area contributed by atoms with Gasteiger partial charge in [-0.15, -0.1) is 0 Å². The second kappa shape index (κ2) is 7.06. The Bertz CT molecular complexity index is 345. The van der Waals surface area contributed by atoms with Crippen LogP contribution in [0.3, 0.4) is 0 Å². The standard InChI is InChI=1S/C12H18F2N2O/c1-16-10-6-9(4-2-3-5-15)7-11(8-10)17-12(13)14/h6-8,12,16H,2-5,15H2,1H3. The van der Waals surface area contributed by atoms with Gasteiger partial charge in [-0.2, -0.15) is 8.78 Å². The van der Waals surface area contributed by atoms with Crippen LogP contribution >= 0.6 is 0 Å². The number of halogens is 2. The zero-order valence-corrected chi connectivity index (χ0v) is 9.88. The monoisotopic (exact) mass is 244 g/mol. The van der Waals surface area contributed by atoms with E-state index in [4.69, 9.17) is 5.73 Å². The number of aryl methyl sites for hydroxylation is 1. The van der Waals surface area contributed by atoms with E-state index in [-0.39, 0.29) is 5.75 Å². The van der Waals surface area contributed by atoms with E-state index in [2.05, 4.69) is 10.1 Å². The topological polar surface area (TPSA) is 47.3 Å². The second-order valence-electron chi connectivity index (χ2n) is 3.74. The van der Waals surface area contributed by atoms with Crippen LogP contribution in [0, 0.1) is 0 Å². The average Bonchev–Trinajstić information content (AvgIpc) is 2.28. The Labute approximate surface area is 100.0 Å². The molecule has 1 aromatic carbocycles. The molecule has 0 spiro atoms. The van der Waals surface area contributed by atoms with Crippen molar-refractivity contribution in [2.24, 2.45) is 5.73 Å². The van der Waals surface area contributed by atoms with Crippen LogP contribution in [0.2, 0.25) is 0 Å². The van der Waals surface area contributed by atoms with Crippen molar-refractivity contribution in [3.63, 3.8) is 0 Å². The van der Waals surface area contributed by atoms with E-state index in [1.165, 1.54) is 0 Å². The minimum absolute atomic E-state index is 0.189. The molecule has 0 atom stereocenters. The summed E-state index contributed by atoms with van der Waals surface area (Å²) >= 11 is 0. The molecule has 0 aromatic heterocycles. The van der Waals surface area contributed by atoms with Gasteiger partial charge in [-0.05, 0) is 43.5 Å². The van der Waals surface area contributed by atoms with Crippen LogP contribution in [0.5, 0.6) is 5.75 Å². The van der Waals surface area contributed by atoms with Gasteiger partial charge in [0.2, 0.25) is 0 Å². The fourth-order valence-corrected chi connectivity index (χ4v) is 1.59. The molecule has 0 saturated carbocycles. The Morgan fingerprint density at radius 3 is 2.65 bits per heavy atom. The average molecular weight is 244 g/mol. The van der Waals surface area contributed by atoms with Crippen molar-refractivity contribution < 1.29 is 13.5 Å². The summed E-state index contributed by atoms with van der Waals surface area (Å²) in [6, 6.07) is 5.12. The second-order valence-corrected chi connectivity index (χ2v) is 3.74. The first-order chi connectivity index (χ1) is 8.15. The normalized spacial score (nSPS) is 10.6. The van der Waals surface area contributed by atoms with Gasteiger partial charge < -0.3 is 15.8 Å². The summed E-state index contributed by atoms with van der Waals surface area (Å²) in [5.41, 5.74) is 7.15. The molecule has 0 fully saturated rings. The summed E-state index contributed by atoms with van der Waals surface area (Å²) in [4.78, 5) is 0. The molecule has 0 amide bonds. The summed E-state index contributed by atoms with van der Waals surface area (Å²) in [7, 11) is 1.74. The maximum Gasteiger partial charge on any atom is 0.387 e. The summed E-state index contributed by atoms with van der Waals surface area (Å²) in [5.74, 6) is 0.189. The van der Waals surface area contributed by atoms with E-state index in [1.54, 1.807) is 19.2 Å². The molecule has 5 heteroatoms. The fourth-order valence-electron chi connectivity index (χ4n) is 1.59. The van der Waals surface area contributed by atoms with Gasteiger partial charge in [0, 0.05) is 18.8 Å². The maximum atomic E-state index is 12.1. The quantitative estimate of drug-likeness (QED) is 0.725. The first kappa shape index (κ1) is 13.7. The van der Waals surface area contributed by atoms with Gasteiger partial charge in [0.15, 0.2) is 0 Å². The molecule has 0 aliphatic heterocycles. The smallest absolute Gasteiger partial charge is 0.387 e. The summed E-state index contributed by atoms with van der Waals surface area (Å²) < 4.78 is 28.7. The van der Waals surface area contributed by atoms with Crippen molar-refractivity contribution in [3.05, 3.63) is 23.8 Å². The number of ether oxygens (including phenoxy) is 1. The Kier molecular flexibility index (Phi) is 5.69. The highest BCUT2D eigenvalue weighted by Crippen LogP contribution is 2.23. The fraction of sp³-hybridized carbons (Fsp3) is 0.500. The molecule has 0 unspecified atom stereocenters. The van der Waals surface area contributed by atoms with Gasteiger partial charge in [-0.1, -0.05) is 0 Å². The number of benzene rings is 1. The summed E-state index contributed by atoms with van der Waals surface area (Å²) in [5, 5.41) is 2.92. The number of nitrogens with two attached hydrogens (primary N) is 1. The summed E-state index contributed by atoms with van der Waals surface area (Å²) in [6.07, 6.45) is 2.68. The van der Waals surface area contributed by atoms with E-state index in [0.717, 1.165) is 30.5 Å². The molecule has 0 bridgehead atoms. The minimum Gasteiger partial charge on any atom is -0.435 e. The predicted molar refractivity (Wildman–Crippen MR) is 64.6 cm³/mol. The number of hydrogen-bond donors (Lipinski definition) is 2. The third kappa shape index (κ3) is 4.99. The zero-order chi connectivity index (χ0) is 12.7. The first-order valence-electron chi connectivity index (χ1n) is 5.62. The van der Waals surface area contributed by atoms with E-state index in [1.807, 2.05) is 6.07 Å². The lowest BCUT2D eigenvalue weighted by atomic mass is 10.1. The highest BCUT2D eigenvalue weighted by molar-refractivity contribution is 5.51. The Hall–Kier alpha value is -1.36. The molecule has 96 valence electrons. The molecule has 1 rings (SSSR count). The maximum absolute atomic E-state index is 12.1. The minimum atomic E-state index is -2.79. The third-order valence-corrected chi connectivity index (χ3v) is 2.40. The molecule has 3 N–H and O–H groups in total. The van der Waals surface area contributed by atoms with E-state index >= 15 is 0 Å². The zero-order valence-electron chi connectivity index (χ0n) is 9.88. The van der Waals surface area contributed by atoms with Gasteiger partial charge in [-0.3, -0.25) is 0 Å². The molecule has 0 heterocycles. The number of alkyl halides is 2. The highest BCUT2D eigenvalue weighted by Gasteiger charge is 2.07. The number of hydrogen-bond acceptors (Lipinski definition) is 3. The number of nitrogens with one attached hydrogen (secondary N) is 1. The molecule has 0 radical (unpaired) electrons. The van der Waals surface area contributed by atoms with Crippen LogP contribution in [-0.2, 0) is 6.42 Å². The van der Waals surface area contributed by atoms with Crippen molar-refractivity contribution in [2.45, 2.75) is 25.9 Å². The lowest BCUT2D eigenvalue weighted by Gasteiger charge is -2.10. The summed E-state index contributed by atoms with van der Waals surface area (Å²) in [6.45, 7) is -2.15. The van der Waals surface area contributed by atoms with Gasteiger partial charge in [-0.25, -0.2) is 0 Å². The van der Waals surface area contributed by atoms with Crippen molar-refractivity contribution >= 4 is 5.69 Å². The van der Waals surface area contributed by atoms with Gasteiger partial charge in [0.25, 0.3) is 0 Å². The molecule has 17 heavy (non-hydrogen) atoms. The molecule has 0 aliphatic carbocycles. The Balaban J connectivity index is 2.74. The van der Waals surface area contributed by atoms with E-state index in [9.17, 15) is 8.78 Å².